The van der Waals surface area contributed by atoms with Crippen LogP contribution in [0.2, 0.25) is 0 Å². The van der Waals surface area contributed by atoms with E-state index >= 15 is 0 Å². The molecule has 0 heterocycles. The standard InChI is InChI=1S/C12H11Si.C8H11.C5H5.2ClH.Zr/c1-3-7-11(8-4-1)13-12-9-5-2-6-10-12;1-6-4-5-7(2)8(6)3;1-2-4-5-3-1;;;/h1-10,13H;4-5H,1-3H3;1-5H;2*1H;/q;2*-1;;;+4/p-2. The number of hydrogen-bond donors (Lipinski definition) is 0. The van der Waals surface area contributed by atoms with Gasteiger partial charge in [-0.25, -0.2) is 18.2 Å². The van der Waals surface area contributed by atoms with Gasteiger partial charge < -0.3 is 24.8 Å². The Bertz CT molecular complexity index is 767. The first-order valence-electron chi connectivity index (χ1n) is 8.98. The molecule has 0 unspecified atom stereocenters. The van der Waals surface area contributed by atoms with Gasteiger partial charge in [-0.15, -0.1) is 0 Å². The summed E-state index contributed by atoms with van der Waals surface area (Å²) in [6, 6.07) is 35.6. The van der Waals surface area contributed by atoms with E-state index < -0.39 is 0 Å². The van der Waals surface area contributed by atoms with Crippen molar-refractivity contribution in [2.24, 2.45) is 0 Å². The van der Waals surface area contributed by atoms with Gasteiger partial charge in [0.2, 0.25) is 0 Å². The molecule has 0 aliphatic carbocycles. The fourth-order valence-electron chi connectivity index (χ4n) is 2.42. The first-order valence-corrected chi connectivity index (χ1v) is 10.1. The molecule has 0 N–H and O–H groups in total. The number of hydrogen-bond acceptors (Lipinski definition) is 0. The zero-order chi connectivity index (χ0) is 18.6. The van der Waals surface area contributed by atoms with E-state index in [2.05, 4.69) is 93.6 Å². The zero-order valence-corrected chi connectivity index (χ0v) is 22.3. The van der Waals surface area contributed by atoms with Gasteiger partial charge in [0.15, 0.2) is 0 Å². The fraction of sp³-hybridized carbons (Fsp3) is 0.120. The molecular weight excluding hydrogens is 490 g/mol. The molecule has 0 atom stereocenters. The Morgan fingerprint density at radius 3 is 1.38 bits per heavy atom. The minimum absolute atomic E-state index is 0. The van der Waals surface area contributed by atoms with Crippen molar-refractivity contribution < 1.29 is 51.0 Å². The molecule has 149 valence electrons. The maximum Gasteiger partial charge on any atom is 4.00 e. The molecule has 0 aliphatic heterocycles. The Kier molecular flexibility index (Phi) is 18.3. The van der Waals surface area contributed by atoms with Crippen molar-refractivity contribution in [2.45, 2.75) is 20.8 Å². The molecule has 4 rings (SSSR count). The quantitative estimate of drug-likeness (QED) is 0.232. The van der Waals surface area contributed by atoms with Crippen LogP contribution in [-0.4, -0.2) is 9.52 Å². The molecular formula is C25H27Cl2SiZr. The van der Waals surface area contributed by atoms with Gasteiger partial charge in [-0.05, 0) is 0 Å². The number of halogens is 2. The Morgan fingerprint density at radius 2 is 1.14 bits per heavy atom. The molecule has 0 bridgehead atoms. The van der Waals surface area contributed by atoms with Crippen molar-refractivity contribution in [3.8, 4) is 0 Å². The van der Waals surface area contributed by atoms with Crippen LogP contribution in [0.15, 0.2) is 103 Å². The molecule has 1 radical (unpaired) electrons. The van der Waals surface area contributed by atoms with E-state index in [9.17, 15) is 0 Å². The molecule has 0 fully saturated rings. The van der Waals surface area contributed by atoms with Crippen LogP contribution in [0.5, 0.6) is 0 Å². The van der Waals surface area contributed by atoms with E-state index in [1.54, 1.807) is 0 Å². The van der Waals surface area contributed by atoms with Gasteiger partial charge in [0.25, 0.3) is 0 Å². The van der Waals surface area contributed by atoms with Crippen LogP contribution in [-0.2, 0) is 26.2 Å². The van der Waals surface area contributed by atoms with Crippen molar-refractivity contribution in [2.75, 3.05) is 0 Å². The van der Waals surface area contributed by atoms with Crippen molar-refractivity contribution in [3.63, 3.8) is 0 Å². The molecule has 0 aliphatic rings. The van der Waals surface area contributed by atoms with E-state index in [-0.39, 0.29) is 60.5 Å². The normalized spacial score (nSPS) is 8.52. The fourth-order valence-corrected chi connectivity index (χ4v) is 3.64. The van der Waals surface area contributed by atoms with Crippen molar-refractivity contribution >= 4 is 19.9 Å². The summed E-state index contributed by atoms with van der Waals surface area (Å²) in [7, 11) is 0.271. The third-order valence-electron chi connectivity index (χ3n) is 4.25. The predicted octanol–water partition coefficient (Wildman–Crippen LogP) is -1.18. The number of aryl methyl sites for hydroxylation is 2. The van der Waals surface area contributed by atoms with E-state index in [0.29, 0.717) is 0 Å². The Hall–Kier alpha value is -1.18. The van der Waals surface area contributed by atoms with Gasteiger partial charge in [-0.1, -0.05) is 91.8 Å². The van der Waals surface area contributed by atoms with E-state index in [1.807, 2.05) is 30.3 Å². The molecule has 4 aromatic rings. The SMILES string of the molecule is Cc1cc[c-](C)c1C.[Cl-].[Cl-].[Zr+4].c1cc[cH-]c1.c1ccc([SiH]c2ccccc2)cc1. The van der Waals surface area contributed by atoms with Gasteiger partial charge in [0, 0.05) is 0 Å². The molecule has 0 nitrogen and oxygen atoms in total. The first kappa shape index (κ1) is 30.0. The van der Waals surface area contributed by atoms with E-state index in [0.717, 1.165) is 0 Å². The molecule has 0 saturated heterocycles. The maximum atomic E-state index is 2.20. The first-order chi connectivity index (χ1) is 12.7. The van der Waals surface area contributed by atoms with Crippen LogP contribution >= 0.6 is 0 Å². The van der Waals surface area contributed by atoms with Gasteiger partial charge in [-0.3, -0.25) is 0 Å². The monoisotopic (exact) mass is 515 g/mol. The van der Waals surface area contributed by atoms with Gasteiger partial charge in [-0.2, -0.15) is 41.0 Å². The van der Waals surface area contributed by atoms with Crippen LogP contribution in [0.4, 0.5) is 0 Å². The van der Waals surface area contributed by atoms with Crippen molar-refractivity contribution in [1.82, 2.24) is 0 Å². The van der Waals surface area contributed by atoms with Crippen LogP contribution in [0.25, 0.3) is 0 Å². The van der Waals surface area contributed by atoms with Crippen LogP contribution in [0, 0.1) is 20.8 Å². The van der Waals surface area contributed by atoms with Crippen LogP contribution < -0.4 is 35.2 Å². The topological polar surface area (TPSA) is 0 Å². The maximum absolute atomic E-state index is 2.20. The minimum Gasteiger partial charge on any atom is -1.00 e. The van der Waals surface area contributed by atoms with Gasteiger partial charge in [0.1, 0.15) is 9.52 Å². The zero-order valence-electron chi connectivity index (χ0n) is 17.1. The molecule has 0 saturated carbocycles. The molecule has 4 aromatic carbocycles. The van der Waals surface area contributed by atoms with E-state index in [4.69, 9.17) is 0 Å². The summed E-state index contributed by atoms with van der Waals surface area (Å²) in [6.07, 6.45) is 0. The minimum atomic E-state index is 0. The third-order valence-corrected chi connectivity index (χ3v) is 5.69. The summed E-state index contributed by atoms with van der Waals surface area (Å²) in [5.74, 6) is 0. The second-order valence-corrected chi connectivity index (χ2v) is 7.87. The van der Waals surface area contributed by atoms with E-state index in [1.165, 1.54) is 27.1 Å². The number of rotatable bonds is 2. The summed E-state index contributed by atoms with van der Waals surface area (Å²) < 4.78 is 0. The number of benzene rings is 2. The second-order valence-electron chi connectivity index (χ2n) is 6.25. The molecule has 0 aromatic heterocycles. The van der Waals surface area contributed by atoms with Gasteiger partial charge >= 0.3 is 26.2 Å². The molecule has 0 spiro atoms. The summed E-state index contributed by atoms with van der Waals surface area (Å²) in [6.45, 7) is 6.44. The van der Waals surface area contributed by atoms with Crippen LogP contribution in [0.1, 0.15) is 16.7 Å². The Balaban J connectivity index is 0. The molecule has 29 heavy (non-hydrogen) atoms. The average Bonchev–Trinajstić information content (AvgIpc) is 3.35. The average molecular weight is 518 g/mol. The van der Waals surface area contributed by atoms with Crippen molar-refractivity contribution in [3.05, 3.63) is 120 Å². The van der Waals surface area contributed by atoms with Crippen molar-refractivity contribution in [1.29, 1.82) is 0 Å². The second kappa shape index (κ2) is 17.7. The summed E-state index contributed by atoms with van der Waals surface area (Å²) in [5.41, 5.74) is 4.25. The molecule has 4 heteroatoms. The summed E-state index contributed by atoms with van der Waals surface area (Å²) >= 11 is 0. The summed E-state index contributed by atoms with van der Waals surface area (Å²) in [4.78, 5) is 0. The Morgan fingerprint density at radius 1 is 0.690 bits per heavy atom. The predicted molar refractivity (Wildman–Crippen MR) is 118 cm³/mol. The molecule has 0 amide bonds. The summed E-state index contributed by atoms with van der Waals surface area (Å²) in [5, 5.41) is 2.90. The Labute approximate surface area is 210 Å². The van der Waals surface area contributed by atoms with Crippen LogP contribution in [0.3, 0.4) is 0 Å². The largest absolute Gasteiger partial charge is 4.00 e. The third kappa shape index (κ3) is 12.2. The smallest absolute Gasteiger partial charge is 1.00 e. The van der Waals surface area contributed by atoms with Gasteiger partial charge in [0.05, 0.1) is 0 Å².